The number of benzene rings is 2. The van der Waals surface area contributed by atoms with E-state index in [4.69, 9.17) is 0 Å². The van der Waals surface area contributed by atoms with Crippen molar-refractivity contribution >= 4 is 32.5 Å². The molecule has 3 rings (SSSR count). The van der Waals surface area contributed by atoms with E-state index in [0.717, 1.165) is 21.7 Å². The van der Waals surface area contributed by atoms with Gasteiger partial charge in [0.15, 0.2) is 9.84 Å². The van der Waals surface area contributed by atoms with Gasteiger partial charge in [-0.2, -0.15) is 0 Å². The second-order valence-corrected chi connectivity index (χ2v) is 7.88. The van der Waals surface area contributed by atoms with Crippen molar-refractivity contribution < 1.29 is 8.42 Å². The molecule has 0 aliphatic rings. The third kappa shape index (κ3) is 3.28. The minimum absolute atomic E-state index is 0.288. The zero-order valence-corrected chi connectivity index (χ0v) is 13.6. The smallest absolute Gasteiger partial charge is 0.175 e. The lowest BCUT2D eigenvalue weighted by Gasteiger charge is -2.06. The number of thioether (sulfide) groups is 1. The molecule has 3 aromatic rings. The standard InChI is InChI=1S/C16H14N2O2S2/c1-22(19,20)13-7-8-15-14(9-13)16(18-11-17-15)21-10-12-5-3-2-4-6-12/h2-9,11H,10H2,1H3. The summed E-state index contributed by atoms with van der Waals surface area (Å²) < 4.78 is 23.4. The summed E-state index contributed by atoms with van der Waals surface area (Å²) in [5, 5.41) is 1.56. The Morgan fingerprint density at radius 2 is 1.82 bits per heavy atom. The van der Waals surface area contributed by atoms with Gasteiger partial charge in [0.25, 0.3) is 0 Å². The van der Waals surface area contributed by atoms with Gasteiger partial charge < -0.3 is 0 Å². The van der Waals surface area contributed by atoms with E-state index in [9.17, 15) is 8.42 Å². The predicted octanol–water partition coefficient (Wildman–Crippen LogP) is 3.33. The van der Waals surface area contributed by atoms with Crippen molar-refractivity contribution in [2.24, 2.45) is 0 Å². The molecule has 1 aromatic heterocycles. The molecule has 0 spiro atoms. The van der Waals surface area contributed by atoms with E-state index < -0.39 is 9.84 Å². The van der Waals surface area contributed by atoms with Gasteiger partial charge in [0.1, 0.15) is 11.4 Å². The van der Waals surface area contributed by atoms with E-state index in [-0.39, 0.29) is 4.90 Å². The SMILES string of the molecule is CS(=O)(=O)c1ccc2ncnc(SCc3ccccc3)c2c1. The maximum atomic E-state index is 11.7. The molecule has 2 aromatic carbocycles. The van der Waals surface area contributed by atoms with Crippen molar-refractivity contribution in [3.8, 4) is 0 Å². The normalized spacial score (nSPS) is 11.7. The fraction of sp³-hybridized carbons (Fsp3) is 0.125. The van der Waals surface area contributed by atoms with Gasteiger partial charge in [0.2, 0.25) is 0 Å². The largest absolute Gasteiger partial charge is 0.236 e. The second kappa shape index (κ2) is 6.06. The summed E-state index contributed by atoms with van der Waals surface area (Å²) in [5.74, 6) is 0.774. The highest BCUT2D eigenvalue weighted by Gasteiger charge is 2.11. The van der Waals surface area contributed by atoms with Gasteiger partial charge >= 0.3 is 0 Å². The number of aromatic nitrogens is 2. The topological polar surface area (TPSA) is 59.9 Å². The zero-order valence-electron chi connectivity index (χ0n) is 11.9. The lowest BCUT2D eigenvalue weighted by molar-refractivity contribution is 0.602. The van der Waals surface area contributed by atoms with Crippen molar-refractivity contribution in [3.05, 3.63) is 60.4 Å². The molecule has 0 amide bonds. The first-order valence-corrected chi connectivity index (χ1v) is 9.53. The number of sulfone groups is 1. The molecule has 0 aliphatic carbocycles. The van der Waals surface area contributed by atoms with Crippen LogP contribution < -0.4 is 0 Å². The molecule has 112 valence electrons. The monoisotopic (exact) mass is 330 g/mol. The van der Waals surface area contributed by atoms with E-state index in [1.54, 1.807) is 30.0 Å². The van der Waals surface area contributed by atoms with Crippen molar-refractivity contribution in [3.63, 3.8) is 0 Å². The van der Waals surface area contributed by atoms with Crippen LogP contribution in [0.5, 0.6) is 0 Å². The molecule has 0 radical (unpaired) electrons. The first kappa shape index (κ1) is 15.0. The summed E-state index contributed by atoms with van der Waals surface area (Å²) in [6.07, 6.45) is 2.71. The second-order valence-electron chi connectivity index (χ2n) is 4.90. The number of rotatable bonds is 4. The van der Waals surface area contributed by atoms with E-state index in [1.165, 1.54) is 18.1 Å². The van der Waals surface area contributed by atoms with E-state index in [2.05, 4.69) is 22.1 Å². The summed E-state index contributed by atoms with van der Waals surface area (Å²) in [4.78, 5) is 8.79. The van der Waals surface area contributed by atoms with Gasteiger partial charge in [-0.15, -0.1) is 11.8 Å². The molecule has 6 heteroatoms. The average molecular weight is 330 g/mol. The highest BCUT2D eigenvalue weighted by atomic mass is 32.2. The minimum atomic E-state index is -3.24. The van der Waals surface area contributed by atoms with Gasteiger partial charge in [-0.25, -0.2) is 18.4 Å². The van der Waals surface area contributed by atoms with Gasteiger partial charge in [0.05, 0.1) is 10.4 Å². The highest BCUT2D eigenvalue weighted by Crippen LogP contribution is 2.28. The third-order valence-corrected chi connectivity index (χ3v) is 5.40. The number of hydrogen-bond donors (Lipinski definition) is 0. The third-order valence-electron chi connectivity index (χ3n) is 3.22. The minimum Gasteiger partial charge on any atom is -0.236 e. The van der Waals surface area contributed by atoms with Gasteiger partial charge in [-0.05, 0) is 23.8 Å². The number of fused-ring (bicyclic) bond motifs is 1. The fourth-order valence-corrected chi connectivity index (χ4v) is 3.67. The van der Waals surface area contributed by atoms with Crippen LogP contribution in [-0.2, 0) is 15.6 Å². The van der Waals surface area contributed by atoms with Crippen molar-refractivity contribution in [1.29, 1.82) is 0 Å². The van der Waals surface area contributed by atoms with Crippen LogP contribution in [0.1, 0.15) is 5.56 Å². The van der Waals surface area contributed by atoms with Crippen LogP contribution in [0.2, 0.25) is 0 Å². The Hall–Kier alpha value is -1.92. The Morgan fingerprint density at radius 3 is 2.55 bits per heavy atom. The van der Waals surface area contributed by atoms with Crippen LogP contribution in [0.15, 0.2) is 64.8 Å². The molecule has 0 bridgehead atoms. The Kier molecular flexibility index (Phi) is 4.13. The molecule has 1 heterocycles. The van der Waals surface area contributed by atoms with Crippen LogP contribution in [0.4, 0.5) is 0 Å². The van der Waals surface area contributed by atoms with Gasteiger partial charge in [0, 0.05) is 17.4 Å². The Morgan fingerprint density at radius 1 is 1.05 bits per heavy atom. The summed E-state index contributed by atoms with van der Waals surface area (Å²) in [6, 6.07) is 15.0. The maximum absolute atomic E-state index is 11.7. The highest BCUT2D eigenvalue weighted by molar-refractivity contribution is 7.98. The lowest BCUT2D eigenvalue weighted by atomic mass is 10.2. The zero-order chi connectivity index (χ0) is 15.6. The molecule has 22 heavy (non-hydrogen) atoms. The molecule has 0 fully saturated rings. The van der Waals surface area contributed by atoms with Crippen LogP contribution in [0.25, 0.3) is 10.9 Å². The molecule has 0 saturated carbocycles. The molecular weight excluding hydrogens is 316 g/mol. The summed E-state index contributed by atoms with van der Waals surface area (Å²) in [5.41, 5.74) is 1.94. The summed E-state index contributed by atoms with van der Waals surface area (Å²) in [7, 11) is -3.24. The first-order valence-electron chi connectivity index (χ1n) is 6.65. The number of hydrogen-bond acceptors (Lipinski definition) is 5. The lowest BCUT2D eigenvalue weighted by Crippen LogP contribution is -1.97. The van der Waals surface area contributed by atoms with E-state index in [0.29, 0.717) is 0 Å². The molecular formula is C16H14N2O2S2. The average Bonchev–Trinajstić information content (AvgIpc) is 2.52. The Bertz CT molecular complexity index is 910. The quantitative estimate of drug-likeness (QED) is 0.542. The van der Waals surface area contributed by atoms with Gasteiger partial charge in [-0.1, -0.05) is 30.3 Å². The van der Waals surface area contributed by atoms with Crippen LogP contribution >= 0.6 is 11.8 Å². The predicted molar refractivity (Wildman–Crippen MR) is 88.7 cm³/mol. The van der Waals surface area contributed by atoms with E-state index in [1.807, 2.05) is 18.2 Å². The molecule has 0 saturated heterocycles. The maximum Gasteiger partial charge on any atom is 0.175 e. The molecule has 4 nitrogen and oxygen atoms in total. The number of nitrogens with zero attached hydrogens (tertiary/aromatic N) is 2. The Balaban J connectivity index is 1.98. The van der Waals surface area contributed by atoms with Crippen LogP contribution in [0, 0.1) is 0 Å². The summed E-state index contributed by atoms with van der Waals surface area (Å²) >= 11 is 1.58. The van der Waals surface area contributed by atoms with Crippen molar-refractivity contribution in [1.82, 2.24) is 9.97 Å². The molecule has 0 atom stereocenters. The fourth-order valence-electron chi connectivity index (χ4n) is 2.08. The van der Waals surface area contributed by atoms with E-state index >= 15 is 0 Å². The summed E-state index contributed by atoms with van der Waals surface area (Å²) in [6.45, 7) is 0. The first-order chi connectivity index (χ1) is 10.5. The van der Waals surface area contributed by atoms with Crippen molar-refractivity contribution in [2.75, 3.05) is 6.26 Å². The molecule has 0 N–H and O–H groups in total. The van der Waals surface area contributed by atoms with Gasteiger partial charge in [-0.3, -0.25) is 0 Å². The van der Waals surface area contributed by atoms with Crippen LogP contribution in [-0.4, -0.2) is 24.6 Å². The van der Waals surface area contributed by atoms with Crippen molar-refractivity contribution in [2.45, 2.75) is 15.7 Å². The Labute approximate surface area is 133 Å². The van der Waals surface area contributed by atoms with Crippen LogP contribution in [0.3, 0.4) is 0 Å². The molecule has 0 unspecified atom stereocenters. The molecule has 0 aliphatic heterocycles.